The second-order valence-electron chi connectivity index (χ2n) is 5.68. The van der Waals surface area contributed by atoms with Crippen molar-refractivity contribution in [3.05, 3.63) is 76.3 Å². The maximum Gasteiger partial charge on any atom is 0.272 e. The van der Waals surface area contributed by atoms with Crippen LogP contribution in [0.15, 0.2) is 60.8 Å². The Morgan fingerprint density at radius 1 is 1.19 bits per heavy atom. The van der Waals surface area contributed by atoms with Crippen LogP contribution >= 0.6 is 23.8 Å². The number of rotatable bonds is 6. The number of para-hydroxylation sites is 1. The smallest absolute Gasteiger partial charge is 0.272 e. The Morgan fingerprint density at radius 3 is 2.58 bits per heavy atom. The molecule has 0 aliphatic rings. The monoisotopic (exact) mass is 387 g/mol. The molecule has 26 heavy (non-hydrogen) atoms. The number of carbonyl (C=O) groups is 1. The molecule has 0 saturated heterocycles. The average Bonchev–Trinajstić information content (AvgIpc) is 3.04. The number of aromatic amines is 1. The minimum Gasteiger partial charge on any atom is -0.492 e. The minimum absolute atomic E-state index is 0.138. The summed E-state index contributed by atoms with van der Waals surface area (Å²) in [7, 11) is 1.74. The molecular weight excluding hydrogens is 370 g/mol. The maximum atomic E-state index is 12.8. The normalized spacial score (nSPS) is 10.5. The molecule has 0 radical (unpaired) electrons. The van der Waals surface area contributed by atoms with E-state index in [2.05, 4.69) is 4.98 Å². The molecule has 1 heterocycles. The molecule has 1 N–H and O–H groups in total. The molecule has 2 aromatic carbocycles. The van der Waals surface area contributed by atoms with Gasteiger partial charge in [-0.15, -0.1) is 0 Å². The summed E-state index contributed by atoms with van der Waals surface area (Å²) >= 11 is 11.2. The van der Waals surface area contributed by atoms with Gasteiger partial charge in [-0.05, 0) is 48.6 Å². The number of halogens is 1. The third-order valence-corrected chi connectivity index (χ3v) is 4.42. The highest BCUT2D eigenvalue weighted by Crippen LogP contribution is 2.16. The number of nitrogens with one attached hydrogen (secondary N) is 1. The summed E-state index contributed by atoms with van der Waals surface area (Å²) in [6, 6.07) is 16.7. The highest BCUT2D eigenvalue weighted by molar-refractivity contribution is 7.71. The van der Waals surface area contributed by atoms with Gasteiger partial charge < -0.3 is 14.6 Å². The molecule has 3 aromatic rings. The highest BCUT2D eigenvalue weighted by Gasteiger charge is 2.18. The molecule has 0 fully saturated rings. The minimum atomic E-state index is -0.138. The highest BCUT2D eigenvalue weighted by atomic mass is 35.5. The molecule has 0 saturated carbocycles. The molecule has 1 aromatic heterocycles. The van der Waals surface area contributed by atoms with Crippen molar-refractivity contribution in [3.63, 3.8) is 0 Å². The van der Waals surface area contributed by atoms with Crippen LogP contribution in [0.4, 0.5) is 0 Å². The van der Waals surface area contributed by atoms with Crippen molar-refractivity contribution in [3.8, 4) is 11.4 Å². The average molecular weight is 388 g/mol. The van der Waals surface area contributed by atoms with Crippen molar-refractivity contribution in [2.24, 2.45) is 0 Å². The Bertz CT molecular complexity index is 935. The summed E-state index contributed by atoms with van der Waals surface area (Å²) in [5.41, 5.74) is 1.32. The van der Waals surface area contributed by atoms with Crippen molar-refractivity contribution in [2.75, 3.05) is 20.2 Å². The molecule has 0 aliphatic heterocycles. The Balaban J connectivity index is 1.67. The summed E-state index contributed by atoms with van der Waals surface area (Å²) in [6.07, 6.45) is 1.63. The first kappa shape index (κ1) is 18.2. The Morgan fingerprint density at radius 2 is 1.88 bits per heavy atom. The first-order valence-electron chi connectivity index (χ1n) is 8.06. The second kappa shape index (κ2) is 8.21. The zero-order valence-electron chi connectivity index (χ0n) is 14.2. The van der Waals surface area contributed by atoms with Crippen LogP contribution in [0.1, 0.15) is 10.5 Å². The molecule has 7 heteroatoms. The van der Waals surface area contributed by atoms with Crippen LogP contribution < -0.4 is 4.74 Å². The van der Waals surface area contributed by atoms with Gasteiger partial charge in [0.2, 0.25) is 0 Å². The van der Waals surface area contributed by atoms with Gasteiger partial charge in [-0.1, -0.05) is 29.8 Å². The van der Waals surface area contributed by atoms with E-state index >= 15 is 0 Å². The number of H-pyrrole nitrogens is 1. The number of ether oxygens (including phenoxy) is 1. The molecule has 1 amide bonds. The molecule has 0 spiro atoms. The van der Waals surface area contributed by atoms with E-state index in [4.69, 9.17) is 28.6 Å². The number of aromatic nitrogens is 2. The maximum absolute atomic E-state index is 12.8. The third-order valence-electron chi connectivity index (χ3n) is 3.87. The van der Waals surface area contributed by atoms with E-state index < -0.39 is 0 Å². The molecule has 134 valence electrons. The third kappa shape index (κ3) is 4.15. The van der Waals surface area contributed by atoms with Gasteiger partial charge in [-0.3, -0.25) is 9.36 Å². The van der Waals surface area contributed by atoms with Crippen LogP contribution in [0.3, 0.4) is 0 Å². The first-order valence-corrected chi connectivity index (χ1v) is 8.84. The SMILES string of the molecule is CN(CCOc1ccc(Cl)cc1)C(=O)c1c[nH]c(=S)n1-c1ccccc1. The molecule has 0 atom stereocenters. The zero-order valence-corrected chi connectivity index (χ0v) is 15.8. The van der Waals surface area contributed by atoms with Gasteiger partial charge in [-0.25, -0.2) is 0 Å². The summed E-state index contributed by atoms with van der Waals surface area (Å²) in [4.78, 5) is 17.4. The van der Waals surface area contributed by atoms with Crippen molar-refractivity contribution in [1.29, 1.82) is 0 Å². The fourth-order valence-electron chi connectivity index (χ4n) is 2.49. The predicted octanol–water partition coefficient (Wildman–Crippen LogP) is 4.34. The van der Waals surface area contributed by atoms with Crippen LogP contribution in [-0.2, 0) is 0 Å². The van der Waals surface area contributed by atoms with Crippen molar-refractivity contribution in [1.82, 2.24) is 14.5 Å². The lowest BCUT2D eigenvalue weighted by Crippen LogP contribution is -2.32. The summed E-state index contributed by atoms with van der Waals surface area (Å²) in [6.45, 7) is 0.814. The number of benzene rings is 2. The van der Waals surface area contributed by atoms with E-state index in [1.54, 1.807) is 47.0 Å². The summed E-state index contributed by atoms with van der Waals surface area (Å²) in [5.74, 6) is 0.574. The lowest BCUT2D eigenvalue weighted by atomic mass is 10.3. The Labute approximate surface area is 161 Å². The number of likely N-dealkylation sites (N-methyl/N-ethyl adjacent to an activating group) is 1. The molecule has 3 rings (SSSR count). The summed E-state index contributed by atoms with van der Waals surface area (Å²) in [5, 5.41) is 0.655. The number of imidazole rings is 1. The number of amides is 1. The van der Waals surface area contributed by atoms with Crippen LogP contribution in [0, 0.1) is 4.77 Å². The summed E-state index contributed by atoms with van der Waals surface area (Å²) < 4.78 is 7.86. The van der Waals surface area contributed by atoms with E-state index in [0.717, 1.165) is 5.69 Å². The van der Waals surface area contributed by atoms with E-state index in [9.17, 15) is 4.79 Å². The predicted molar refractivity (Wildman–Crippen MR) is 105 cm³/mol. The second-order valence-corrected chi connectivity index (χ2v) is 6.50. The lowest BCUT2D eigenvalue weighted by Gasteiger charge is -2.18. The Hall–Kier alpha value is -2.57. The largest absolute Gasteiger partial charge is 0.492 e. The van der Waals surface area contributed by atoms with E-state index in [-0.39, 0.29) is 5.91 Å². The zero-order chi connectivity index (χ0) is 18.5. The molecule has 0 unspecified atom stereocenters. The first-order chi connectivity index (χ1) is 12.6. The van der Waals surface area contributed by atoms with Crippen LogP contribution in [0.2, 0.25) is 5.02 Å². The van der Waals surface area contributed by atoms with Crippen molar-refractivity contribution >= 4 is 29.7 Å². The Kier molecular flexibility index (Phi) is 5.75. The van der Waals surface area contributed by atoms with Gasteiger partial charge in [0.15, 0.2) is 4.77 Å². The fourth-order valence-corrected chi connectivity index (χ4v) is 2.88. The number of carbonyl (C=O) groups excluding carboxylic acids is 1. The van der Waals surface area contributed by atoms with E-state index in [1.165, 1.54) is 0 Å². The van der Waals surface area contributed by atoms with Gasteiger partial charge in [0.25, 0.3) is 5.91 Å². The molecular formula is C19H18ClN3O2S. The van der Waals surface area contributed by atoms with Gasteiger partial charge in [0, 0.05) is 24.0 Å². The van der Waals surface area contributed by atoms with Crippen LogP contribution in [0.25, 0.3) is 5.69 Å². The van der Waals surface area contributed by atoms with Gasteiger partial charge in [0.05, 0.1) is 6.54 Å². The fraction of sp³-hybridized carbons (Fsp3) is 0.158. The standard InChI is InChI=1S/C19H18ClN3O2S/c1-22(11-12-25-16-9-7-14(20)8-10-16)18(24)17-13-21-19(26)23(17)15-5-3-2-4-6-15/h2-10,13H,11-12H2,1H3,(H,21,26). The molecule has 0 bridgehead atoms. The van der Waals surface area contributed by atoms with E-state index in [0.29, 0.717) is 34.4 Å². The van der Waals surface area contributed by atoms with Crippen molar-refractivity contribution < 1.29 is 9.53 Å². The molecule has 0 aliphatic carbocycles. The van der Waals surface area contributed by atoms with Crippen LogP contribution in [-0.4, -0.2) is 40.6 Å². The van der Waals surface area contributed by atoms with E-state index in [1.807, 2.05) is 30.3 Å². The van der Waals surface area contributed by atoms with Gasteiger partial charge in [0.1, 0.15) is 18.1 Å². The number of hydrogen-bond acceptors (Lipinski definition) is 3. The van der Waals surface area contributed by atoms with Crippen molar-refractivity contribution in [2.45, 2.75) is 0 Å². The number of hydrogen-bond donors (Lipinski definition) is 1. The lowest BCUT2D eigenvalue weighted by molar-refractivity contribution is 0.0766. The quantitative estimate of drug-likeness (QED) is 0.640. The topological polar surface area (TPSA) is 50.3 Å². The number of nitrogens with zero attached hydrogens (tertiary/aromatic N) is 2. The van der Waals surface area contributed by atoms with Gasteiger partial charge >= 0.3 is 0 Å². The van der Waals surface area contributed by atoms with Gasteiger partial charge in [-0.2, -0.15) is 0 Å². The molecule has 5 nitrogen and oxygen atoms in total. The van der Waals surface area contributed by atoms with Crippen LogP contribution in [0.5, 0.6) is 5.75 Å².